The molecule has 6 nitrogen and oxygen atoms in total. The standard InChI is InChI=1S/C22H31N5O.HI/c1-2-23-22(27-12-10-20(17-27)26-13-15-28-16-14-26)24-11-9-19-8-7-18-5-3-4-6-21(18)25-19;/h3-8,20H,2,9-17H2,1H3,(H,23,24);1H. The molecule has 0 bridgehead atoms. The molecule has 0 radical (unpaired) electrons. The largest absolute Gasteiger partial charge is 0.379 e. The van der Waals surface area contributed by atoms with Gasteiger partial charge in [0.15, 0.2) is 5.96 Å². The average molecular weight is 509 g/mol. The van der Waals surface area contributed by atoms with Crippen LogP contribution in [0.4, 0.5) is 0 Å². The number of nitrogens with zero attached hydrogens (tertiary/aromatic N) is 4. The normalized spacial score (nSPS) is 20.7. The fourth-order valence-corrected chi connectivity index (χ4v) is 4.12. The van der Waals surface area contributed by atoms with Crippen molar-refractivity contribution >= 4 is 40.8 Å². The number of rotatable bonds is 5. The van der Waals surface area contributed by atoms with Crippen molar-refractivity contribution in [2.75, 3.05) is 52.5 Å². The predicted molar refractivity (Wildman–Crippen MR) is 129 cm³/mol. The number of likely N-dealkylation sites (tertiary alicyclic amines) is 1. The zero-order chi connectivity index (χ0) is 19.2. The van der Waals surface area contributed by atoms with E-state index < -0.39 is 0 Å². The Balaban J connectivity index is 0.00000240. The number of aromatic nitrogens is 1. The molecule has 0 spiro atoms. The number of morpholine rings is 1. The molecule has 3 heterocycles. The second-order valence-electron chi connectivity index (χ2n) is 7.52. The second-order valence-corrected chi connectivity index (χ2v) is 7.52. The Bertz CT molecular complexity index is 809. The summed E-state index contributed by atoms with van der Waals surface area (Å²) in [6, 6.07) is 13.2. The molecule has 2 saturated heterocycles. The molecule has 0 aliphatic carbocycles. The van der Waals surface area contributed by atoms with Crippen molar-refractivity contribution in [3.05, 3.63) is 42.1 Å². The minimum Gasteiger partial charge on any atom is -0.379 e. The van der Waals surface area contributed by atoms with Crippen LogP contribution in [-0.4, -0.2) is 79.3 Å². The van der Waals surface area contributed by atoms with Crippen LogP contribution in [0.25, 0.3) is 10.9 Å². The third-order valence-electron chi connectivity index (χ3n) is 5.65. The molecule has 1 unspecified atom stereocenters. The predicted octanol–water partition coefficient (Wildman–Crippen LogP) is 2.77. The number of aliphatic imine (C=N–C) groups is 1. The Labute approximate surface area is 190 Å². The number of halogens is 1. The van der Waals surface area contributed by atoms with E-state index in [0.29, 0.717) is 6.04 Å². The lowest BCUT2D eigenvalue weighted by atomic mass is 10.2. The lowest BCUT2D eigenvalue weighted by molar-refractivity contribution is 0.0195. The van der Waals surface area contributed by atoms with Crippen LogP contribution in [0.1, 0.15) is 19.0 Å². The van der Waals surface area contributed by atoms with Crippen molar-refractivity contribution in [1.82, 2.24) is 20.1 Å². The van der Waals surface area contributed by atoms with Crippen molar-refractivity contribution in [3.63, 3.8) is 0 Å². The molecule has 158 valence electrons. The van der Waals surface area contributed by atoms with Crippen LogP contribution in [-0.2, 0) is 11.2 Å². The molecule has 0 saturated carbocycles. The van der Waals surface area contributed by atoms with Crippen LogP contribution in [0, 0.1) is 0 Å². The highest BCUT2D eigenvalue weighted by Crippen LogP contribution is 2.17. The average Bonchev–Trinajstić information content (AvgIpc) is 3.24. The molecular formula is C22H32IN5O. The fourth-order valence-electron chi connectivity index (χ4n) is 4.12. The summed E-state index contributed by atoms with van der Waals surface area (Å²) in [6.45, 7) is 9.75. The van der Waals surface area contributed by atoms with Crippen LogP contribution < -0.4 is 5.32 Å². The van der Waals surface area contributed by atoms with E-state index in [0.717, 1.165) is 76.1 Å². The van der Waals surface area contributed by atoms with E-state index in [1.807, 2.05) is 6.07 Å². The number of hydrogen-bond donors (Lipinski definition) is 1. The zero-order valence-corrected chi connectivity index (χ0v) is 19.5. The van der Waals surface area contributed by atoms with Crippen LogP contribution in [0.15, 0.2) is 41.4 Å². The van der Waals surface area contributed by atoms with E-state index in [2.05, 4.69) is 52.4 Å². The molecule has 7 heteroatoms. The molecule has 2 aromatic rings. The van der Waals surface area contributed by atoms with E-state index in [-0.39, 0.29) is 24.0 Å². The molecule has 2 aliphatic rings. The number of benzene rings is 1. The number of ether oxygens (including phenoxy) is 1. The smallest absolute Gasteiger partial charge is 0.193 e. The maximum atomic E-state index is 5.50. The van der Waals surface area contributed by atoms with Gasteiger partial charge < -0.3 is 15.0 Å². The summed E-state index contributed by atoms with van der Waals surface area (Å²) < 4.78 is 5.50. The number of nitrogens with one attached hydrogen (secondary N) is 1. The topological polar surface area (TPSA) is 53.0 Å². The van der Waals surface area contributed by atoms with E-state index in [9.17, 15) is 0 Å². The van der Waals surface area contributed by atoms with Gasteiger partial charge in [-0.1, -0.05) is 24.3 Å². The van der Waals surface area contributed by atoms with Crippen molar-refractivity contribution in [1.29, 1.82) is 0 Å². The van der Waals surface area contributed by atoms with Gasteiger partial charge in [0.2, 0.25) is 0 Å². The molecule has 29 heavy (non-hydrogen) atoms. The third kappa shape index (κ3) is 5.79. The summed E-state index contributed by atoms with van der Waals surface area (Å²) in [6.07, 6.45) is 2.07. The number of pyridine rings is 1. The quantitative estimate of drug-likeness (QED) is 0.382. The lowest BCUT2D eigenvalue weighted by Gasteiger charge is -2.32. The highest BCUT2D eigenvalue weighted by molar-refractivity contribution is 14.0. The van der Waals surface area contributed by atoms with Crippen molar-refractivity contribution in [2.45, 2.75) is 25.8 Å². The SMILES string of the molecule is CCNC(=NCCc1ccc2ccccc2n1)N1CCC(N2CCOCC2)C1.I. The minimum atomic E-state index is 0. The van der Waals surface area contributed by atoms with Crippen molar-refractivity contribution in [2.24, 2.45) is 4.99 Å². The molecule has 1 aromatic carbocycles. The Morgan fingerprint density at radius 3 is 2.83 bits per heavy atom. The highest BCUT2D eigenvalue weighted by Gasteiger charge is 2.30. The van der Waals surface area contributed by atoms with E-state index in [4.69, 9.17) is 14.7 Å². The van der Waals surface area contributed by atoms with E-state index in [1.54, 1.807) is 0 Å². The molecule has 4 rings (SSSR count). The van der Waals surface area contributed by atoms with Crippen LogP contribution >= 0.6 is 24.0 Å². The summed E-state index contributed by atoms with van der Waals surface area (Å²) in [4.78, 5) is 14.7. The Morgan fingerprint density at radius 2 is 2.00 bits per heavy atom. The zero-order valence-electron chi connectivity index (χ0n) is 17.2. The highest BCUT2D eigenvalue weighted by atomic mass is 127. The van der Waals surface area contributed by atoms with Gasteiger partial charge in [0.05, 0.1) is 18.7 Å². The number of hydrogen-bond acceptors (Lipinski definition) is 4. The first kappa shape index (κ1) is 22.2. The lowest BCUT2D eigenvalue weighted by Crippen LogP contribution is -2.46. The fraction of sp³-hybridized carbons (Fsp3) is 0.545. The van der Waals surface area contributed by atoms with Crippen LogP contribution in [0.5, 0.6) is 0 Å². The van der Waals surface area contributed by atoms with E-state index >= 15 is 0 Å². The summed E-state index contributed by atoms with van der Waals surface area (Å²) in [7, 11) is 0. The molecule has 0 amide bonds. The van der Waals surface area contributed by atoms with Crippen LogP contribution in [0.3, 0.4) is 0 Å². The number of guanidine groups is 1. The Kier molecular flexibility index (Phi) is 8.50. The molecule has 1 atom stereocenters. The number of para-hydroxylation sites is 1. The summed E-state index contributed by atoms with van der Waals surface area (Å²) in [5.74, 6) is 1.04. The Morgan fingerprint density at radius 1 is 1.17 bits per heavy atom. The van der Waals surface area contributed by atoms with E-state index in [1.165, 1.54) is 11.8 Å². The van der Waals surface area contributed by atoms with Crippen LogP contribution in [0.2, 0.25) is 0 Å². The molecule has 1 aromatic heterocycles. The van der Waals surface area contributed by atoms with Gasteiger partial charge in [0, 0.05) is 62.8 Å². The first-order chi connectivity index (χ1) is 13.8. The van der Waals surface area contributed by atoms with Crippen molar-refractivity contribution in [3.8, 4) is 0 Å². The summed E-state index contributed by atoms with van der Waals surface area (Å²) in [5, 5.41) is 4.67. The maximum Gasteiger partial charge on any atom is 0.193 e. The Hall–Kier alpha value is -1.45. The first-order valence-electron chi connectivity index (χ1n) is 10.5. The minimum absolute atomic E-state index is 0. The second kappa shape index (κ2) is 11.1. The third-order valence-corrected chi connectivity index (χ3v) is 5.65. The summed E-state index contributed by atoms with van der Waals surface area (Å²) in [5.41, 5.74) is 2.16. The van der Waals surface area contributed by atoms with Gasteiger partial charge >= 0.3 is 0 Å². The maximum absolute atomic E-state index is 5.50. The first-order valence-corrected chi connectivity index (χ1v) is 10.5. The van der Waals surface area contributed by atoms with Gasteiger partial charge in [0.25, 0.3) is 0 Å². The molecular weight excluding hydrogens is 477 g/mol. The summed E-state index contributed by atoms with van der Waals surface area (Å²) >= 11 is 0. The van der Waals surface area contributed by atoms with Gasteiger partial charge in [-0.05, 0) is 25.5 Å². The van der Waals surface area contributed by atoms with Crippen molar-refractivity contribution < 1.29 is 4.74 Å². The molecule has 2 fully saturated rings. The monoisotopic (exact) mass is 509 g/mol. The van der Waals surface area contributed by atoms with Gasteiger partial charge in [0.1, 0.15) is 0 Å². The number of fused-ring (bicyclic) bond motifs is 1. The van der Waals surface area contributed by atoms with Gasteiger partial charge in [-0.3, -0.25) is 14.9 Å². The van der Waals surface area contributed by atoms with Gasteiger partial charge in [-0.2, -0.15) is 0 Å². The molecule has 1 N–H and O–H groups in total. The van der Waals surface area contributed by atoms with Gasteiger partial charge in [-0.25, -0.2) is 0 Å². The molecule has 2 aliphatic heterocycles. The van der Waals surface area contributed by atoms with Gasteiger partial charge in [-0.15, -0.1) is 24.0 Å².